The SMILES string of the molecule is CC(C)n1cc(S(=O)(=O)Nc2cccc(F)c2[N+](=O)[O-])cn1. The summed E-state index contributed by atoms with van der Waals surface area (Å²) in [6.45, 7) is 3.63. The maximum atomic E-state index is 13.5. The number of halogens is 1. The number of hydrogen-bond acceptors (Lipinski definition) is 5. The first kappa shape index (κ1) is 15.9. The molecule has 0 saturated carbocycles. The van der Waals surface area contributed by atoms with E-state index in [1.165, 1.54) is 16.9 Å². The third-order valence-corrected chi connectivity index (χ3v) is 4.15. The van der Waals surface area contributed by atoms with Gasteiger partial charge in [-0.2, -0.15) is 9.49 Å². The number of anilines is 1. The van der Waals surface area contributed by atoms with Crippen molar-refractivity contribution in [2.75, 3.05) is 4.72 Å². The highest BCUT2D eigenvalue weighted by Gasteiger charge is 2.25. The van der Waals surface area contributed by atoms with Crippen LogP contribution in [-0.4, -0.2) is 23.1 Å². The van der Waals surface area contributed by atoms with Gasteiger partial charge in [-0.1, -0.05) is 6.07 Å². The van der Waals surface area contributed by atoms with Crippen LogP contribution in [0.5, 0.6) is 0 Å². The molecule has 22 heavy (non-hydrogen) atoms. The first-order valence-corrected chi connectivity index (χ1v) is 7.70. The molecule has 0 fully saturated rings. The lowest BCUT2D eigenvalue weighted by atomic mass is 10.2. The number of nitrogens with zero attached hydrogens (tertiary/aromatic N) is 3. The van der Waals surface area contributed by atoms with Crippen molar-refractivity contribution < 1.29 is 17.7 Å². The molecular weight excluding hydrogens is 315 g/mol. The van der Waals surface area contributed by atoms with E-state index in [9.17, 15) is 22.9 Å². The lowest BCUT2D eigenvalue weighted by molar-refractivity contribution is -0.386. The Morgan fingerprint density at radius 3 is 2.64 bits per heavy atom. The zero-order valence-corrected chi connectivity index (χ0v) is 12.5. The van der Waals surface area contributed by atoms with Crippen molar-refractivity contribution in [1.29, 1.82) is 0 Å². The second kappa shape index (κ2) is 5.72. The van der Waals surface area contributed by atoms with Crippen LogP contribution >= 0.6 is 0 Å². The number of sulfonamides is 1. The molecule has 0 amide bonds. The molecule has 1 heterocycles. The number of rotatable bonds is 5. The molecule has 10 heteroatoms. The standard InChI is InChI=1S/C12H13FN4O4S/c1-8(2)16-7-9(6-14-16)22(20,21)15-11-5-3-4-10(13)12(11)17(18)19/h3-8,15H,1-2H3. The predicted octanol–water partition coefficient (Wildman–Crippen LogP) is 2.31. The fourth-order valence-corrected chi connectivity index (χ4v) is 2.73. The summed E-state index contributed by atoms with van der Waals surface area (Å²) in [5.41, 5.74) is -1.37. The number of benzene rings is 1. The minimum Gasteiger partial charge on any atom is -0.273 e. The van der Waals surface area contributed by atoms with E-state index in [-0.39, 0.29) is 10.9 Å². The molecule has 2 rings (SSSR count). The van der Waals surface area contributed by atoms with Gasteiger partial charge < -0.3 is 0 Å². The minimum atomic E-state index is -4.10. The van der Waals surface area contributed by atoms with Gasteiger partial charge in [0.2, 0.25) is 5.82 Å². The average Bonchev–Trinajstić information content (AvgIpc) is 2.88. The third kappa shape index (κ3) is 3.06. The van der Waals surface area contributed by atoms with Crippen molar-refractivity contribution in [2.24, 2.45) is 0 Å². The van der Waals surface area contributed by atoms with Gasteiger partial charge in [-0.3, -0.25) is 19.5 Å². The van der Waals surface area contributed by atoms with E-state index in [4.69, 9.17) is 0 Å². The second-order valence-electron chi connectivity index (χ2n) is 4.75. The molecule has 8 nitrogen and oxygen atoms in total. The van der Waals surface area contributed by atoms with E-state index in [0.717, 1.165) is 18.3 Å². The lowest BCUT2D eigenvalue weighted by Gasteiger charge is -2.07. The fraction of sp³-hybridized carbons (Fsp3) is 0.250. The van der Waals surface area contributed by atoms with Crippen LogP contribution < -0.4 is 4.72 Å². The summed E-state index contributed by atoms with van der Waals surface area (Å²) in [4.78, 5) is 9.72. The Balaban J connectivity index is 2.41. The quantitative estimate of drug-likeness (QED) is 0.669. The minimum absolute atomic E-state index is 0.0487. The van der Waals surface area contributed by atoms with Crippen LogP contribution in [0.25, 0.3) is 0 Å². The number of para-hydroxylation sites is 1. The molecule has 1 aromatic heterocycles. The van der Waals surface area contributed by atoms with Gasteiger partial charge in [-0.05, 0) is 26.0 Å². The fourth-order valence-electron chi connectivity index (χ4n) is 1.73. The molecule has 1 N–H and O–H groups in total. The van der Waals surface area contributed by atoms with E-state index in [1.54, 1.807) is 0 Å². The Kier molecular flexibility index (Phi) is 4.13. The van der Waals surface area contributed by atoms with Crippen LogP contribution in [-0.2, 0) is 10.0 Å². The van der Waals surface area contributed by atoms with Gasteiger partial charge in [0.1, 0.15) is 10.6 Å². The predicted molar refractivity (Wildman–Crippen MR) is 76.5 cm³/mol. The Labute approximate surface area is 125 Å². The van der Waals surface area contributed by atoms with Crippen molar-refractivity contribution in [1.82, 2.24) is 9.78 Å². The van der Waals surface area contributed by atoms with Crippen LogP contribution in [0.3, 0.4) is 0 Å². The highest BCUT2D eigenvalue weighted by Crippen LogP contribution is 2.29. The van der Waals surface area contributed by atoms with Crippen molar-refractivity contribution in [3.05, 3.63) is 46.5 Å². The molecule has 0 radical (unpaired) electrons. The molecule has 118 valence electrons. The topological polar surface area (TPSA) is 107 Å². The molecule has 0 unspecified atom stereocenters. The molecule has 0 aliphatic heterocycles. The maximum absolute atomic E-state index is 13.5. The zero-order chi connectivity index (χ0) is 16.5. The van der Waals surface area contributed by atoms with Crippen molar-refractivity contribution in [2.45, 2.75) is 24.8 Å². The third-order valence-electron chi connectivity index (χ3n) is 2.83. The lowest BCUT2D eigenvalue weighted by Crippen LogP contribution is -2.14. The van der Waals surface area contributed by atoms with Gasteiger partial charge >= 0.3 is 5.69 Å². The molecule has 2 aromatic rings. The molecule has 1 aromatic carbocycles. The number of nitro groups is 1. The summed E-state index contributed by atoms with van der Waals surface area (Å²) in [5, 5.41) is 14.8. The Hall–Kier alpha value is -2.49. The molecule has 0 atom stereocenters. The van der Waals surface area contributed by atoms with Gasteiger partial charge in [0, 0.05) is 12.2 Å². The summed E-state index contributed by atoms with van der Waals surface area (Å²) in [6, 6.07) is 3.13. The van der Waals surface area contributed by atoms with Gasteiger partial charge in [-0.25, -0.2) is 8.42 Å². The average molecular weight is 328 g/mol. The summed E-state index contributed by atoms with van der Waals surface area (Å²) in [6.07, 6.45) is 2.41. The van der Waals surface area contributed by atoms with Gasteiger partial charge in [0.05, 0.1) is 11.1 Å². The van der Waals surface area contributed by atoms with Crippen LogP contribution in [0.15, 0.2) is 35.5 Å². The van der Waals surface area contributed by atoms with Gasteiger partial charge in [-0.15, -0.1) is 0 Å². The van der Waals surface area contributed by atoms with E-state index >= 15 is 0 Å². The monoisotopic (exact) mass is 328 g/mol. The zero-order valence-electron chi connectivity index (χ0n) is 11.7. The first-order chi connectivity index (χ1) is 10.2. The molecule has 0 saturated heterocycles. The first-order valence-electron chi connectivity index (χ1n) is 6.22. The van der Waals surface area contributed by atoms with E-state index in [1.807, 2.05) is 18.6 Å². The Bertz CT molecular complexity index is 816. The highest BCUT2D eigenvalue weighted by atomic mass is 32.2. The summed E-state index contributed by atoms with van der Waals surface area (Å²) >= 11 is 0. The molecule has 0 aliphatic carbocycles. The summed E-state index contributed by atoms with van der Waals surface area (Å²) in [5.74, 6) is -1.12. The van der Waals surface area contributed by atoms with Crippen molar-refractivity contribution in [3.8, 4) is 0 Å². The summed E-state index contributed by atoms with van der Waals surface area (Å²) in [7, 11) is -4.10. The number of aromatic nitrogens is 2. The molecule has 0 bridgehead atoms. The van der Waals surface area contributed by atoms with Crippen LogP contribution in [0.4, 0.5) is 15.8 Å². The van der Waals surface area contributed by atoms with Crippen molar-refractivity contribution in [3.63, 3.8) is 0 Å². The largest absolute Gasteiger partial charge is 0.328 e. The highest BCUT2D eigenvalue weighted by molar-refractivity contribution is 7.92. The van der Waals surface area contributed by atoms with E-state index in [2.05, 4.69) is 5.10 Å². The summed E-state index contributed by atoms with van der Waals surface area (Å²) < 4.78 is 41.4. The van der Waals surface area contributed by atoms with E-state index in [0.29, 0.717) is 0 Å². The van der Waals surface area contributed by atoms with Crippen LogP contribution in [0.1, 0.15) is 19.9 Å². The smallest absolute Gasteiger partial charge is 0.273 e. The number of nitro benzene ring substituents is 1. The number of hydrogen-bond donors (Lipinski definition) is 1. The van der Waals surface area contributed by atoms with E-state index < -0.39 is 32.1 Å². The second-order valence-corrected chi connectivity index (χ2v) is 6.43. The molecule has 0 spiro atoms. The maximum Gasteiger partial charge on any atom is 0.328 e. The number of nitrogens with one attached hydrogen (secondary N) is 1. The van der Waals surface area contributed by atoms with Gasteiger partial charge in [0.25, 0.3) is 10.0 Å². The van der Waals surface area contributed by atoms with Crippen molar-refractivity contribution >= 4 is 21.4 Å². The van der Waals surface area contributed by atoms with Crippen LogP contribution in [0, 0.1) is 15.9 Å². The van der Waals surface area contributed by atoms with Gasteiger partial charge in [0.15, 0.2) is 0 Å². The molecular formula is C12H13FN4O4S. The molecule has 0 aliphatic rings. The Morgan fingerprint density at radius 1 is 1.41 bits per heavy atom. The Morgan fingerprint density at radius 2 is 2.09 bits per heavy atom. The normalized spacial score (nSPS) is 11.6. The van der Waals surface area contributed by atoms with Crippen LogP contribution in [0.2, 0.25) is 0 Å².